The van der Waals surface area contributed by atoms with E-state index in [0.29, 0.717) is 13.0 Å². The Morgan fingerprint density at radius 3 is 2.57 bits per heavy atom. The summed E-state index contributed by atoms with van der Waals surface area (Å²) in [5.74, 6) is 0.361. The number of piperidine rings is 2. The normalized spacial score (nSPS) is 19.1. The first-order valence-electron chi connectivity index (χ1n) is 10.1. The minimum Gasteiger partial charge on any atom is -0.339 e. The quantitative estimate of drug-likeness (QED) is 0.823. The zero-order valence-electron chi connectivity index (χ0n) is 16.4. The Morgan fingerprint density at radius 2 is 1.86 bits per heavy atom. The van der Waals surface area contributed by atoms with Crippen molar-refractivity contribution in [3.63, 3.8) is 0 Å². The molecular weight excluding hydrogens is 350 g/mol. The highest BCUT2D eigenvalue weighted by molar-refractivity contribution is 5.94. The van der Waals surface area contributed by atoms with Gasteiger partial charge in [0.2, 0.25) is 5.91 Å². The lowest BCUT2D eigenvalue weighted by atomic mass is 9.72. The van der Waals surface area contributed by atoms with E-state index in [0.717, 1.165) is 55.6 Å². The number of carbonyl (C=O) groups excluding carboxylic acids is 2. The number of pyridine rings is 1. The predicted octanol–water partition coefficient (Wildman–Crippen LogP) is 3.44. The number of hydrogen-bond acceptors (Lipinski definition) is 3. The highest BCUT2D eigenvalue weighted by atomic mass is 16.2. The van der Waals surface area contributed by atoms with Crippen LogP contribution < -0.4 is 0 Å². The highest BCUT2D eigenvalue weighted by Crippen LogP contribution is 2.40. The number of benzene rings is 1. The zero-order chi connectivity index (χ0) is 19.6. The van der Waals surface area contributed by atoms with Crippen LogP contribution in [-0.4, -0.2) is 46.2 Å². The number of carbonyl (C=O) groups is 2. The molecule has 5 nitrogen and oxygen atoms in total. The van der Waals surface area contributed by atoms with E-state index in [1.165, 1.54) is 0 Å². The summed E-state index contributed by atoms with van der Waals surface area (Å²) < 4.78 is 0. The van der Waals surface area contributed by atoms with E-state index < -0.39 is 0 Å². The number of aromatic nitrogens is 1. The van der Waals surface area contributed by atoms with Crippen LogP contribution >= 0.6 is 0 Å². The van der Waals surface area contributed by atoms with Gasteiger partial charge in [-0.1, -0.05) is 17.7 Å². The van der Waals surface area contributed by atoms with Crippen LogP contribution in [0.2, 0.25) is 0 Å². The lowest BCUT2D eigenvalue weighted by molar-refractivity contribution is -0.139. The van der Waals surface area contributed by atoms with Crippen molar-refractivity contribution in [2.24, 2.45) is 5.41 Å². The van der Waals surface area contributed by atoms with Crippen molar-refractivity contribution < 1.29 is 9.59 Å². The van der Waals surface area contributed by atoms with Crippen molar-refractivity contribution in [3.05, 3.63) is 65.5 Å². The van der Waals surface area contributed by atoms with Gasteiger partial charge in [-0.2, -0.15) is 0 Å². The van der Waals surface area contributed by atoms with E-state index in [-0.39, 0.29) is 17.2 Å². The van der Waals surface area contributed by atoms with E-state index in [2.05, 4.69) is 4.98 Å². The summed E-state index contributed by atoms with van der Waals surface area (Å²) in [5, 5.41) is 0. The maximum atomic E-state index is 12.8. The molecule has 1 spiro atoms. The van der Waals surface area contributed by atoms with Crippen molar-refractivity contribution in [2.75, 3.05) is 19.6 Å². The molecule has 0 unspecified atom stereocenters. The number of likely N-dealkylation sites (tertiary alicyclic amines) is 2. The highest BCUT2D eigenvalue weighted by Gasteiger charge is 2.41. The molecule has 2 fully saturated rings. The molecule has 2 saturated heterocycles. The molecule has 28 heavy (non-hydrogen) atoms. The van der Waals surface area contributed by atoms with Gasteiger partial charge in [0.15, 0.2) is 0 Å². The lowest BCUT2D eigenvalue weighted by Gasteiger charge is -2.47. The zero-order valence-corrected chi connectivity index (χ0v) is 16.4. The third kappa shape index (κ3) is 3.93. The first-order chi connectivity index (χ1) is 13.5. The van der Waals surface area contributed by atoms with E-state index in [1.54, 1.807) is 12.4 Å². The summed E-state index contributed by atoms with van der Waals surface area (Å²) in [7, 11) is 0. The molecule has 0 N–H and O–H groups in total. The van der Waals surface area contributed by atoms with E-state index in [4.69, 9.17) is 0 Å². The second-order valence-electron chi connectivity index (χ2n) is 8.27. The Bertz CT molecular complexity index is 857. The third-order valence-electron chi connectivity index (χ3n) is 6.25. The largest absolute Gasteiger partial charge is 0.339 e. The fourth-order valence-corrected chi connectivity index (χ4v) is 4.51. The average molecular weight is 377 g/mol. The molecule has 5 heteroatoms. The Labute approximate surface area is 166 Å². The van der Waals surface area contributed by atoms with Gasteiger partial charge in [-0.05, 0) is 61.4 Å². The van der Waals surface area contributed by atoms with Gasteiger partial charge in [0, 0.05) is 50.6 Å². The van der Waals surface area contributed by atoms with Gasteiger partial charge in [0.05, 0.1) is 0 Å². The van der Waals surface area contributed by atoms with Crippen molar-refractivity contribution in [2.45, 2.75) is 39.2 Å². The van der Waals surface area contributed by atoms with E-state index in [1.807, 2.05) is 53.1 Å². The molecule has 0 radical (unpaired) electrons. The second kappa shape index (κ2) is 7.74. The molecule has 2 amide bonds. The monoisotopic (exact) mass is 377 g/mol. The molecular formula is C23H27N3O2. The SMILES string of the molecule is Cc1cccc(C(=O)N2CCC3(CCC(=O)N(Cc4ccncc4)C3)CC2)c1. The molecule has 2 aromatic rings. The number of aryl methyl sites for hydroxylation is 1. The minimum atomic E-state index is 0.124. The van der Waals surface area contributed by atoms with E-state index >= 15 is 0 Å². The maximum absolute atomic E-state index is 12.8. The molecule has 146 valence electrons. The van der Waals surface area contributed by atoms with Crippen molar-refractivity contribution in [1.29, 1.82) is 0 Å². The second-order valence-corrected chi connectivity index (χ2v) is 8.27. The first-order valence-corrected chi connectivity index (χ1v) is 10.1. The molecule has 0 aliphatic carbocycles. The number of rotatable bonds is 3. The summed E-state index contributed by atoms with van der Waals surface area (Å²) in [4.78, 5) is 33.3. The number of nitrogens with zero attached hydrogens (tertiary/aromatic N) is 3. The van der Waals surface area contributed by atoms with Crippen LogP contribution in [0.25, 0.3) is 0 Å². The molecule has 0 bridgehead atoms. The van der Waals surface area contributed by atoms with Crippen molar-refractivity contribution in [1.82, 2.24) is 14.8 Å². The smallest absolute Gasteiger partial charge is 0.253 e. The molecule has 0 atom stereocenters. The third-order valence-corrected chi connectivity index (χ3v) is 6.25. The fourth-order valence-electron chi connectivity index (χ4n) is 4.51. The van der Waals surface area contributed by atoms with Crippen LogP contribution in [0.5, 0.6) is 0 Å². The van der Waals surface area contributed by atoms with Gasteiger partial charge < -0.3 is 9.80 Å². The van der Waals surface area contributed by atoms with Crippen LogP contribution in [0, 0.1) is 12.3 Å². The number of amides is 2. The summed E-state index contributed by atoms with van der Waals surface area (Å²) in [5.41, 5.74) is 3.14. The Kier molecular flexibility index (Phi) is 5.16. The van der Waals surface area contributed by atoms with Crippen molar-refractivity contribution >= 4 is 11.8 Å². The molecule has 0 saturated carbocycles. The molecule has 3 heterocycles. The topological polar surface area (TPSA) is 53.5 Å². The van der Waals surface area contributed by atoms with Crippen LogP contribution in [0.1, 0.15) is 47.2 Å². The van der Waals surface area contributed by atoms with Gasteiger partial charge >= 0.3 is 0 Å². The Hall–Kier alpha value is -2.69. The summed E-state index contributed by atoms with van der Waals surface area (Å²) in [6, 6.07) is 11.8. The molecule has 2 aliphatic heterocycles. The summed E-state index contributed by atoms with van der Waals surface area (Å²) in [6.07, 6.45) is 7.02. The van der Waals surface area contributed by atoms with Gasteiger partial charge in [-0.3, -0.25) is 14.6 Å². The molecule has 4 rings (SSSR count). The van der Waals surface area contributed by atoms with Gasteiger partial charge in [-0.25, -0.2) is 0 Å². The number of hydrogen-bond donors (Lipinski definition) is 0. The lowest BCUT2D eigenvalue weighted by Crippen LogP contribution is -2.52. The van der Waals surface area contributed by atoms with Gasteiger partial charge in [-0.15, -0.1) is 0 Å². The summed E-state index contributed by atoms with van der Waals surface area (Å²) >= 11 is 0. The first kappa shape index (κ1) is 18.7. The van der Waals surface area contributed by atoms with Crippen LogP contribution in [-0.2, 0) is 11.3 Å². The Balaban J connectivity index is 1.40. The van der Waals surface area contributed by atoms with E-state index in [9.17, 15) is 9.59 Å². The minimum absolute atomic E-state index is 0.124. The van der Waals surface area contributed by atoms with Gasteiger partial charge in [0.1, 0.15) is 0 Å². The predicted molar refractivity (Wildman–Crippen MR) is 108 cm³/mol. The maximum Gasteiger partial charge on any atom is 0.253 e. The molecule has 1 aromatic heterocycles. The van der Waals surface area contributed by atoms with Crippen molar-refractivity contribution in [3.8, 4) is 0 Å². The molecule has 1 aromatic carbocycles. The fraction of sp³-hybridized carbons (Fsp3) is 0.435. The summed E-state index contributed by atoms with van der Waals surface area (Å²) in [6.45, 7) is 4.99. The average Bonchev–Trinajstić information content (AvgIpc) is 2.72. The molecule has 2 aliphatic rings. The Morgan fingerprint density at radius 1 is 1.11 bits per heavy atom. The van der Waals surface area contributed by atoms with Crippen LogP contribution in [0.3, 0.4) is 0 Å². The van der Waals surface area contributed by atoms with Crippen LogP contribution in [0.4, 0.5) is 0 Å². The standard InChI is InChI=1S/C23H27N3O2/c1-18-3-2-4-20(15-18)22(28)25-13-9-23(10-14-25)8-5-21(27)26(17-23)16-19-6-11-24-12-7-19/h2-4,6-7,11-12,15H,5,8-10,13-14,16-17H2,1H3. The van der Waals surface area contributed by atoms with Gasteiger partial charge in [0.25, 0.3) is 5.91 Å². The van der Waals surface area contributed by atoms with Crippen LogP contribution in [0.15, 0.2) is 48.8 Å².